The normalized spacial score (nSPS) is 32.5. The molecule has 0 bridgehead atoms. The van der Waals surface area contributed by atoms with Crippen LogP contribution in [-0.4, -0.2) is 18.4 Å². The monoisotopic (exact) mass is 273 g/mol. The number of fused-ring (bicyclic) bond motifs is 1. The number of allylic oxidation sites excluding steroid dienone is 4. The van der Waals surface area contributed by atoms with Crippen LogP contribution < -0.4 is 5.32 Å². The van der Waals surface area contributed by atoms with Gasteiger partial charge in [0.1, 0.15) is 5.76 Å². The summed E-state index contributed by atoms with van der Waals surface area (Å²) in [4.78, 5) is 0. The van der Waals surface area contributed by atoms with E-state index in [1.807, 2.05) is 20.9 Å². The minimum atomic E-state index is -0.409. The van der Waals surface area contributed by atoms with Crippen molar-refractivity contribution in [2.75, 3.05) is 7.05 Å². The van der Waals surface area contributed by atoms with Crippen LogP contribution in [-0.2, 0) is 0 Å². The number of hydrogen-bond donors (Lipinski definition) is 3. The van der Waals surface area contributed by atoms with E-state index in [-0.39, 0.29) is 17.1 Å². The van der Waals surface area contributed by atoms with Crippen molar-refractivity contribution in [3.8, 4) is 6.07 Å². The Labute approximate surface area is 120 Å². The third kappa shape index (κ3) is 1.76. The predicted molar refractivity (Wildman–Crippen MR) is 79.4 cm³/mol. The molecule has 2 rings (SSSR count). The molecule has 0 radical (unpaired) electrons. The summed E-state index contributed by atoms with van der Waals surface area (Å²) in [5.41, 5.74) is 1.92. The lowest BCUT2D eigenvalue weighted by molar-refractivity contribution is 0.0375. The molecule has 0 spiro atoms. The minimum absolute atomic E-state index is 0.222. The lowest BCUT2D eigenvalue weighted by Gasteiger charge is -2.53. The molecule has 3 N–H and O–H groups in total. The molecule has 108 valence electrons. The number of hydrogen-bond acceptors (Lipinski definition) is 4. The van der Waals surface area contributed by atoms with Crippen LogP contribution in [0.15, 0.2) is 22.6 Å². The van der Waals surface area contributed by atoms with Gasteiger partial charge in [-0.05, 0) is 30.8 Å². The van der Waals surface area contributed by atoms with Gasteiger partial charge in [0, 0.05) is 29.8 Å². The molecule has 0 amide bonds. The first-order valence-corrected chi connectivity index (χ1v) is 7.07. The molecule has 0 saturated carbocycles. The summed E-state index contributed by atoms with van der Waals surface area (Å²) in [5.74, 6) is 0.509. The average molecular weight is 273 g/mol. The van der Waals surface area contributed by atoms with Crippen molar-refractivity contribution in [3.05, 3.63) is 22.6 Å². The van der Waals surface area contributed by atoms with E-state index >= 15 is 0 Å². The fraction of sp³-hybridized carbons (Fsp3) is 0.625. The molecule has 2 aliphatic rings. The van der Waals surface area contributed by atoms with Gasteiger partial charge >= 0.3 is 0 Å². The zero-order valence-corrected chi connectivity index (χ0v) is 12.7. The molecule has 0 aromatic heterocycles. The summed E-state index contributed by atoms with van der Waals surface area (Å²) in [6.07, 6.45) is 3.74. The van der Waals surface area contributed by atoms with Crippen molar-refractivity contribution in [1.82, 2.24) is 5.32 Å². The Balaban J connectivity index is 2.66. The van der Waals surface area contributed by atoms with Crippen LogP contribution in [0.4, 0.5) is 0 Å². The molecule has 0 aliphatic heterocycles. The van der Waals surface area contributed by atoms with E-state index in [1.165, 1.54) is 6.21 Å². The van der Waals surface area contributed by atoms with Crippen molar-refractivity contribution in [2.24, 2.45) is 16.7 Å². The summed E-state index contributed by atoms with van der Waals surface area (Å²) >= 11 is 0. The second-order valence-corrected chi connectivity index (χ2v) is 6.64. The van der Waals surface area contributed by atoms with Crippen molar-refractivity contribution >= 4 is 6.21 Å². The second-order valence-electron chi connectivity index (χ2n) is 6.64. The highest BCUT2D eigenvalue weighted by Crippen LogP contribution is 2.59. The second kappa shape index (κ2) is 4.66. The molecule has 0 fully saturated rings. The standard InChI is InChI=1S/C16H23N3O/c1-15(2)12-6-5-10(8-17)13(19-4)16(12,3)7-11(9-18)14(15)20/h8,12,17,19-20H,5-7H2,1-4H3/t12-,16-/m0/s1. The lowest BCUT2D eigenvalue weighted by atomic mass is 9.52. The lowest BCUT2D eigenvalue weighted by Crippen LogP contribution is -2.49. The van der Waals surface area contributed by atoms with E-state index in [9.17, 15) is 10.4 Å². The Morgan fingerprint density at radius 2 is 2.10 bits per heavy atom. The SMILES string of the molecule is CNC1=C(C=N)CC[C@H]2C(C)(C)C(O)=C(C#N)C[C@]12C. The van der Waals surface area contributed by atoms with Crippen molar-refractivity contribution < 1.29 is 5.11 Å². The van der Waals surface area contributed by atoms with Crippen LogP contribution in [0.5, 0.6) is 0 Å². The first kappa shape index (κ1) is 14.6. The zero-order valence-electron chi connectivity index (χ0n) is 12.7. The molecule has 0 saturated heterocycles. The zero-order chi connectivity index (χ0) is 15.1. The first-order chi connectivity index (χ1) is 9.32. The van der Waals surface area contributed by atoms with Gasteiger partial charge in [0.05, 0.1) is 11.6 Å². The van der Waals surface area contributed by atoms with Gasteiger partial charge in [-0.15, -0.1) is 0 Å². The fourth-order valence-corrected chi connectivity index (χ4v) is 4.34. The average Bonchev–Trinajstić information content (AvgIpc) is 2.41. The Morgan fingerprint density at radius 3 is 2.60 bits per heavy atom. The highest BCUT2D eigenvalue weighted by atomic mass is 16.3. The Morgan fingerprint density at radius 1 is 1.45 bits per heavy atom. The molecule has 0 heterocycles. The number of aliphatic hydroxyl groups is 1. The topological polar surface area (TPSA) is 79.9 Å². The van der Waals surface area contributed by atoms with Crippen LogP contribution in [0.2, 0.25) is 0 Å². The highest BCUT2D eigenvalue weighted by molar-refractivity contribution is 5.77. The summed E-state index contributed by atoms with van der Waals surface area (Å²) in [6.45, 7) is 6.19. The predicted octanol–water partition coefficient (Wildman–Crippen LogP) is 3.29. The smallest absolute Gasteiger partial charge is 0.112 e. The van der Waals surface area contributed by atoms with Crippen molar-refractivity contribution in [1.29, 1.82) is 10.7 Å². The van der Waals surface area contributed by atoms with Gasteiger partial charge in [0.2, 0.25) is 0 Å². The third-order valence-corrected chi connectivity index (χ3v) is 5.23. The van der Waals surface area contributed by atoms with E-state index in [4.69, 9.17) is 5.41 Å². The van der Waals surface area contributed by atoms with Gasteiger partial charge in [-0.1, -0.05) is 20.8 Å². The van der Waals surface area contributed by atoms with Crippen LogP contribution in [0.3, 0.4) is 0 Å². The van der Waals surface area contributed by atoms with Crippen molar-refractivity contribution in [3.63, 3.8) is 0 Å². The minimum Gasteiger partial charge on any atom is -0.511 e. The van der Waals surface area contributed by atoms with Gasteiger partial charge in [0.15, 0.2) is 0 Å². The molecule has 0 aromatic carbocycles. The molecule has 2 aliphatic carbocycles. The Hall–Kier alpha value is -1.76. The Bertz CT molecular complexity index is 551. The van der Waals surface area contributed by atoms with Crippen LogP contribution in [0.25, 0.3) is 0 Å². The third-order valence-electron chi connectivity index (χ3n) is 5.23. The summed E-state index contributed by atoms with van der Waals surface area (Å²) in [6, 6.07) is 2.17. The Kier molecular flexibility index (Phi) is 3.41. The summed E-state index contributed by atoms with van der Waals surface area (Å²) < 4.78 is 0. The summed E-state index contributed by atoms with van der Waals surface area (Å²) in [7, 11) is 1.88. The van der Waals surface area contributed by atoms with E-state index in [0.29, 0.717) is 12.0 Å². The molecular weight excluding hydrogens is 250 g/mol. The molecule has 0 unspecified atom stereocenters. The number of nitrogens with one attached hydrogen (secondary N) is 2. The number of nitriles is 1. The van der Waals surface area contributed by atoms with Crippen LogP contribution in [0, 0.1) is 33.5 Å². The maximum atomic E-state index is 10.4. The van der Waals surface area contributed by atoms with E-state index in [1.54, 1.807) is 0 Å². The highest BCUT2D eigenvalue weighted by Gasteiger charge is 2.54. The van der Waals surface area contributed by atoms with Gasteiger partial charge in [-0.25, -0.2) is 0 Å². The van der Waals surface area contributed by atoms with Crippen LogP contribution >= 0.6 is 0 Å². The van der Waals surface area contributed by atoms with E-state index < -0.39 is 5.41 Å². The van der Waals surface area contributed by atoms with Gasteiger partial charge < -0.3 is 15.8 Å². The molecule has 20 heavy (non-hydrogen) atoms. The number of nitrogens with zero attached hydrogens (tertiary/aromatic N) is 1. The molecule has 0 aromatic rings. The maximum Gasteiger partial charge on any atom is 0.112 e. The molecule has 4 heteroatoms. The molecule has 4 nitrogen and oxygen atoms in total. The number of rotatable bonds is 2. The van der Waals surface area contributed by atoms with Crippen molar-refractivity contribution in [2.45, 2.75) is 40.0 Å². The first-order valence-electron chi connectivity index (χ1n) is 7.07. The maximum absolute atomic E-state index is 10.4. The van der Waals surface area contributed by atoms with E-state index in [2.05, 4.69) is 18.3 Å². The van der Waals surface area contributed by atoms with Gasteiger partial charge in [-0.2, -0.15) is 5.26 Å². The summed E-state index contributed by atoms with van der Waals surface area (Å²) in [5, 5.41) is 30.6. The largest absolute Gasteiger partial charge is 0.511 e. The van der Waals surface area contributed by atoms with Gasteiger partial charge in [0.25, 0.3) is 0 Å². The van der Waals surface area contributed by atoms with Crippen LogP contribution in [0.1, 0.15) is 40.0 Å². The molecular formula is C16H23N3O. The van der Waals surface area contributed by atoms with E-state index in [0.717, 1.165) is 24.1 Å². The quantitative estimate of drug-likeness (QED) is 0.675. The number of aliphatic hydroxyl groups excluding tert-OH is 1. The van der Waals surface area contributed by atoms with Gasteiger partial charge in [-0.3, -0.25) is 0 Å². The fourth-order valence-electron chi connectivity index (χ4n) is 4.34. The molecule has 2 atom stereocenters.